The van der Waals surface area contributed by atoms with Gasteiger partial charge in [-0.25, -0.2) is 4.98 Å². The molecule has 0 amide bonds. The van der Waals surface area contributed by atoms with Crippen LogP contribution in [0.25, 0.3) is 0 Å². The molecule has 96 valence electrons. The zero-order chi connectivity index (χ0) is 13.1. The first kappa shape index (κ1) is 13.1. The van der Waals surface area contributed by atoms with Gasteiger partial charge in [0.1, 0.15) is 16.2 Å². The molecule has 0 unspecified atom stereocenters. The summed E-state index contributed by atoms with van der Waals surface area (Å²) in [6.45, 7) is 2.01. The van der Waals surface area contributed by atoms with E-state index in [9.17, 15) is 0 Å². The second-order valence-electron chi connectivity index (χ2n) is 4.31. The molecule has 3 nitrogen and oxygen atoms in total. The lowest BCUT2D eigenvalue weighted by Gasteiger charge is -2.06. The van der Waals surface area contributed by atoms with E-state index >= 15 is 0 Å². The first-order valence-corrected chi connectivity index (χ1v) is 6.71. The van der Waals surface area contributed by atoms with E-state index in [0.29, 0.717) is 0 Å². The summed E-state index contributed by atoms with van der Waals surface area (Å²) in [6, 6.07) is 8.20. The minimum atomic E-state index is 0.910. The van der Waals surface area contributed by atoms with Crippen molar-refractivity contribution >= 4 is 15.9 Å². The van der Waals surface area contributed by atoms with E-state index in [0.717, 1.165) is 29.0 Å². The Hall–Kier alpha value is -1.29. The molecule has 0 spiro atoms. The quantitative estimate of drug-likeness (QED) is 0.866. The van der Waals surface area contributed by atoms with Crippen molar-refractivity contribution in [1.82, 2.24) is 9.55 Å². The molecule has 18 heavy (non-hydrogen) atoms. The number of benzene rings is 1. The smallest absolute Gasteiger partial charge is 0.127 e. The summed E-state index contributed by atoms with van der Waals surface area (Å²) in [7, 11) is 3.74. The third-order valence-corrected chi connectivity index (χ3v) is 3.81. The Morgan fingerprint density at radius 3 is 2.72 bits per heavy atom. The largest absolute Gasteiger partial charge is 0.497 e. The molecule has 1 heterocycles. The molecule has 4 heteroatoms. The van der Waals surface area contributed by atoms with Crippen LogP contribution in [-0.4, -0.2) is 16.7 Å². The van der Waals surface area contributed by atoms with Crippen LogP contribution in [-0.2, 0) is 19.9 Å². The molecule has 0 saturated carbocycles. The Bertz CT molecular complexity index is 549. The number of aromatic nitrogens is 2. The second kappa shape index (κ2) is 5.57. The number of halogens is 1. The van der Waals surface area contributed by atoms with E-state index in [1.54, 1.807) is 7.11 Å². The zero-order valence-electron chi connectivity index (χ0n) is 10.9. The Morgan fingerprint density at radius 2 is 2.11 bits per heavy atom. The maximum absolute atomic E-state index is 5.23. The monoisotopic (exact) mass is 308 g/mol. The van der Waals surface area contributed by atoms with Crippen molar-refractivity contribution in [1.29, 1.82) is 0 Å². The third kappa shape index (κ3) is 2.75. The average Bonchev–Trinajstić information content (AvgIpc) is 2.61. The van der Waals surface area contributed by atoms with E-state index in [1.165, 1.54) is 11.3 Å². The Morgan fingerprint density at radius 1 is 1.33 bits per heavy atom. The summed E-state index contributed by atoms with van der Waals surface area (Å²) >= 11 is 3.51. The van der Waals surface area contributed by atoms with Gasteiger partial charge in [-0.05, 0) is 53.4 Å². The number of rotatable bonds is 4. The molecule has 0 radical (unpaired) electrons. The first-order chi connectivity index (χ1) is 8.61. The molecule has 0 atom stereocenters. The normalized spacial score (nSPS) is 10.7. The molecule has 0 saturated heterocycles. The second-order valence-corrected chi connectivity index (χ2v) is 5.06. The van der Waals surface area contributed by atoms with E-state index < -0.39 is 0 Å². The van der Waals surface area contributed by atoms with Crippen molar-refractivity contribution < 1.29 is 4.74 Å². The van der Waals surface area contributed by atoms with E-state index in [1.807, 2.05) is 26.1 Å². The van der Waals surface area contributed by atoms with Gasteiger partial charge in [-0.1, -0.05) is 12.1 Å². The van der Waals surface area contributed by atoms with Crippen LogP contribution in [0.2, 0.25) is 0 Å². The Balaban J connectivity index is 2.11. The van der Waals surface area contributed by atoms with Crippen molar-refractivity contribution in [2.24, 2.45) is 7.05 Å². The molecule has 1 aromatic carbocycles. The summed E-state index contributed by atoms with van der Waals surface area (Å²) in [5, 5.41) is 0. The lowest BCUT2D eigenvalue weighted by atomic mass is 10.1. The molecule has 1 aromatic heterocycles. The maximum atomic E-state index is 5.23. The highest BCUT2D eigenvalue weighted by atomic mass is 79.9. The standard InChI is InChI=1S/C14H17BrN2O/c1-10-16-14(15)13(17(10)2)8-7-11-5-4-6-12(9-11)18-3/h4-6,9H,7-8H2,1-3H3. The summed E-state index contributed by atoms with van der Waals surface area (Å²) in [6.07, 6.45) is 1.94. The number of ether oxygens (including phenoxy) is 1. The van der Waals surface area contributed by atoms with Crippen molar-refractivity contribution in [3.05, 3.63) is 46.0 Å². The molecular formula is C14H17BrN2O. The topological polar surface area (TPSA) is 27.1 Å². The predicted molar refractivity (Wildman–Crippen MR) is 76.0 cm³/mol. The van der Waals surface area contributed by atoms with Gasteiger partial charge in [0.25, 0.3) is 0 Å². The molecule has 0 aliphatic carbocycles. The minimum Gasteiger partial charge on any atom is -0.497 e. The Labute approximate surface area is 116 Å². The fraction of sp³-hybridized carbons (Fsp3) is 0.357. The van der Waals surface area contributed by atoms with Crippen LogP contribution in [0.5, 0.6) is 5.75 Å². The van der Waals surface area contributed by atoms with Crippen LogP contribution >= 0.6 is 15.9 Å². The van der Waals surface area contributed by atoms with Crippen LogP contribution in [0.15, 0.2) is 28.9 Å². The van der Waals surface area contributed by atoms with Crippen LogP contribution in [0.1, 0.15) is 17.1 Å². The summed E-state index contributed by atoms with van der Waals surface area (Å²) in [5.74, 6) is 1.94. The maximum Gasteiger partial charge on any atom is 0.127 e. The van der Waals surface area contributed by atoms with Crippen LogP contribution in [0.4, 0.5) is 0 Å². The van der Waals surface area contributed by atoms with Gasteiger partial charge < -0.3 is 9.30 Å². The highest BCUT2D eigenvalue weighted by Crippen LogP contribution is 2.20. The van der Waals surface area contributed by atoms with Crippen molar-refractivity contribution in [2.75, 3.05) is 7.11 Å². The molecule has 0 bridgehead atoms. The highest BCUT2D eigenvalue weighted by molar-refractivity contribution is 9.10. The van der Waals surface area contributed by atoms with Gasteiger partial charge in [-0.2, -0.15) is 0 Å². The van der Waals surface area contributed by atoms with Gasteiger partial charge in [0, 0.05) is 7.05 Å². The molecule has 0 fully saturated rings. The van der Waals surface area contributed by atoms with Gasteiger partial charge in [-0.3, -0.25) is 0 Å². The van der Waals surface area contributed by atoms with Crippen molar-refractivity contribution in [2.45, 2.75) is 19.8 Å². The molecule has 2 rings (SSSR count). The molecule has 2 aromatic rings. The van der Waals surface area contributed by atoms with E-state index in [4.69, 9.17) is 4.74 Å². The predicted octanol–water partition coefficient (Wildman–Crippen LogP) is 3.28. The zero-order valence-corrected chi connectivity index (χ0v) is 12.5. The minimum absolute atomic E-state index is 0.910. The average molecular weight is 309 g/mol. The first-order valence-electron chi connectivity index (χ1n) is 5.92. The van der Waals surface area contributed by atoms with Gasteiger partial charge >= 0.3 is 0 Å². The van der Waals surface area contributed by atoms with Gasteiger partial charge in [-0.15, -0.1) is 0 Å². The molecule has 0 aliphatic heterocycles. The van der Waals surface area contributed by atoms with Crippen LogP contribution in [0.3, 0.4) is 0 Å². The SMILES string of the molecule is COc1cccc(CCc2c(Br)nc(C)n2C)c1. The summed E-state index contributed by atoms with van der Waals surface area (Å²) < 4.78 is 8.31. The fourth-order valence-corrected chi connectivity index (χ4v) is 2.70. The van der Waals surface area contributed by atoms with Crippen molar-refractivity contribution in [3.63, 3.8) is 0 Å². The van der Waals surface area contributed by atoms with E-state index in [-0.39, 0.29) is 0 Å². The molecular weight excluding hydrogens is 292 g/mol. The fourth-order valence-electron chi connectivity index (χ4n) is 1.98. The molecule has 0 N–H and O–H groups in total. The number of hydrogen-bond acceptors (Lipinski definition) is 2. The summed E-state index contributed by atoms with van der Waals surface area (Å²) in [4.78, 5) is 4.41. The number of hydrogen-bond donors (Lipinski definition) is 0. The van der Waals surface area contributed by atoms with E-state index in [2.05, 4.69) is 37.6 Å². The highest BCUT2D eigenvalue weighted by Gasteiger charge is 2.09. The summed E-state index contributed by atoms with van der Waals surface area (Å²) in [5.41, 5.74) is 2.51. The lowest BCUT2D eigenvalue weighted by molar-refractivity contribution is 0.414. The van der Waals surface area contributed by atoms with Crippen molar-refractivity contribution in [3.8, 4) is 5.75 Å². The van der Waals surface area contributed by atoms with Crippen LogP contribution < -0.4 is 4.74 Å². The van der Waals surface area contributed by atoms with Gasteiger partial charge in [0.15, 0.2) is 0 Å². The van der Waals surface area contributed by atoms with Gasteiger partial charge in [0.05, 0.1) is 12.8 Å². The number of imidazole rings is 1. The van der Waals surface area contributed by atoms with Crippen LogP contribution in [0, 0.1) is 6.92 Å². The number of aryl methyl sites for hydroxylation is 2. The molecule has 0 aliphatic rings. The lowest BCUT2D eigenvalue weighted by Crippen LogP contribution is -2.01. The number of methoxy groups -OCH3 is 1. The van der Waals surface area contributed by atoms with Gasteiger partial charge in [0.2, 0.25) is 0 Å². The number of nitrogens with zero attached hydrogens (tertiary/aromatic N) is 2. The Kier molecular flexibility index (Phi) is 4.07. The third-order valence-electron chi connectivity index (χ3n) is 3.17.